The fraction of sp³-hybridized carbons (Fsp3) is 1.00. The van der Waals surface area contributed by atoms with Crippen LogP contribution in [0.5, 0.6) is 0 Å². The first-order valence-electron chi connectivity index (χ1n) is 12.5. The van der Waals surface area contributed by atoms with Gasteiger partial charge in [0.2, 0.25) is 0 Å². The van der Waals surface area contributed by atoms with Gasteiger partial charge in [-0.15, -0.1) is 22.8 Å². The summed E-state index contributed by atoms with van der Waals surface area (Å²) < 4.78 is 0. The normalized spacial score (nSPS) is 11.6. The van der Waals surface area contributed by atoms with Gasteiger partial charge in [0.05, 0.1) is 0 Å². The van der Waals surface area contributed by atoms with Gasteiger partial charge >= 0.3 is 0 Å². The predicted molar refractivity (Wildman–Crippen MR) is 141 cm³/mol. The van der Waals surface area contributed by atoms with Gasteiger partial charge in [-0.05, 0) is 24.3 Å². The lowest BCUT2D eigenvalue weighted by molar-refractivity contribution is 0.563. The second-order valence-electron chi connectivity index (χ2n) is 8.24. The molecule has 28 heavy (non-hydrogen) atoms. The minimum Gasteiger partial charge on any atom is -0.107 e. The van der Waals surface area contributed by atoms with Crippen molar-refractivity contribution in [3.63, 3.8) is 0 Å². The highest BCUT2D eigenvalue weighted by atomic mass is 35.7. The number of rotatable bonds is 24. The molecule has 0 aromatic heterocycles. The zero-order valence-electron chi connectivity index (χ0n) is 19.2. The topological polar surface area (TPSA) is 0 Å². The number of hydrogen-bond donors (Lipinski definition) is 0. The van der Waals surface area contributed by atoms with Crippen LogP contribution in [0.15, 0.2) is 0 Å². The van der Waals surface area contributed by atoms with Gasteiger partial charge in [0.15, 0.2) is 0 Å². The second-order valence-corrected chi connectivity index (χ2v) is 16.7. The molecule has 0 nitrogen and oxygen atoms in total. The van der Waals surface area contributed by atoms with Gasteiger partial charge in [0, 0.05) is 0 Å². The Labute approximate surface area is 192 Å². The summed E-state index contributed by atoms with van der Waals surface area (Å²) in [6.45, 7) is 4.59. The van der Waals surface area contributed by atoms with E-state index in [1.807, 2.05) is 22.8 Å². The maximum absolute atomic E-state index is 6.52. The quantitative estimate of drug-likeness (QED) is 0.102. The van der Waals surface area contributed by atoms with E-state index in [0.29, 0.717) is 0 Å². The van der Waals surface area contributed by atoms with Crippen LogP contribution in [0, 0.1) is 0 Å². The summed E-state index contributed by atoms with van der Waals surface area (Å²) in [6.07, 6.45) is 28.5. The fourth-order valence-electron chi connectivity index (χ4n) is 3.49. The van der Waals surface area contributed by atoms with Gasteiger partial charge < -0.3 is 0 Å². The van der Waals surface area contributed by atoms with E-state index in [1.165, 1.54) is 140 Å². The summed E-state index contributed by atoms with van der Waals surface area (Å²) >= 11 is 10.6. The van der Waals surface area contributed by atoms with Crippen LogP contribution in [-0.2, 0) is 0 Å². The van der Waals surface area contributed by atoms with E-state index in [4.69, 9.17) is 11.2 Å². The zero-order valence-corrected chi connectivity index (χ0v) is 22.5. The number of unbranched alkanes of at least 4 members (excludes halogenated alkanes) is 18. The molecule has 0 heterocycles. The molecule has 0 radical (unpaired) electrons. The summed E-state index contributed by atoms with van der Waals surface area (Å²) in [7, 11) is 0. The van der Waals surface area contributed by atoms with Crippen LogP contribution < -0.4 is 0 Å². The van der Waals surface area contributed by atoms with Crippen LogP contribution in [0.3, 0.4) is 0 Å². The van der Waals surface area contributed by atoms with Crippen LogP contribution >= 0.6 is 39.7 Å². The number of hydrogen-bond acceptors (Lipinski definition) is 2. The van der Waals surface area contributed by atoms with Gasteiger partial charge in [-0.1, -0.05) is 141 Å². The summed E-state index contributed by atoms with van der Waals surface area (Å²) in [5.74, 6) is 2.55. The molecule has 0 aliphatic carbocycles. The zero-order chi connectivity index (χ0) is 20.5. The molecule has 0 bridgehead atoms. The first-order chi connectivity index (χ1) is 13.8. The monoisotopic (exact) mass is 468 g/mol. The Morgan fingerprint density at radius 2 is 0.679 bits per heavy atom. The van der Waals surface area contributed by atoms with Crippen molar-refractivity contribution in [2.75, 3.05) is 11.5 Å². The first-order valence-corrected chi connectivity index (χ1v) is 18.0. The van der Waals surface area contributed by atoms with Crippen LogP contribution in [-0.4, -0.2) is 11.5 Å². The van der Waals surface area contributed by atoms with Crippen molar-refractivity contribution in [3.05, 3.63) is 0 Å². The van der Waals surface area contributed by atoms with E-state index in [2.05, 4.69) is 13.8 Å². The molecular weight excluding hydrogens is 419 g/mol. The number of halogens is 1. The highest BCUT2D eigenvalue weighted by molar-refractivity contribution is 8.94. The third-order valence-corrected chi connectivity index (χ3v) is 12.7. The Kier molecular flexibility index (Phi) is 27.8. The molecule has 0 N–H and O–H groups in total. The SMILES string of the molecule is CCCCCCCCCCCCSP(Cl)SCCCCCCCCCCCC. The Bertz CT molecular complexity index is 253. The van der Waals surface area contributed by atoms with Crippen molar-refractivity contribution in [3.8, 4) is 0 Å². The third kappa shape index (κ3) is 25.5. The van der Waals surface area contributed by atoms with E-state index in [0.717, 1.165) is 0 Å². The molecule has 0 amide bonds. The summed E-state index contributed by atoms with van der Waals surface area (Å²) in [5, 5.41) is 0. The van der Waals surface area contributed by atoms with Gasteiger partial charge in [-0.2, -0.15) is 0 Å². The van der Waals surface area contributed by atoms with E-state index in [1.54, 1.807) is 0 Å². The van der Waals surface area contributed by atoms with E-state index in [9.17, 15) is 0 Å². The molecule has 0 saturated heterocycles. The first kappa shape index (κ1) is 29.4. The van der Waals surface area contributed by atoms with Gasteiger partial charge in [0.1, 0.15) is 5.68 Å². The van der Waals surface area contributed by atoms with Gasteiger partial charge in [0.25, 0.3) is 0 Å². The Balaban J connectivity index is 3.12. The molecule has 0 saturated carbocycles. The minimum atomic E-state index is -0.348. The van der Waals surface area contributed by atoms with Crippen molar-refractivity contribution in [1.29, 1.82) is 0 Å². The molecule has 0 aliphatic rings. The van der Waals surface area contributed by atoms with Crippen LogP contribution in [0.1, 0.15) is 142 Å². The average Bonchev–Trinajstić information content (AvgIpc) is 2.70. The second kappa shape index (κ2) is 26.5. The summed E-state index contributed by atoms with van der Waals surface area (Å²) in [6, 6.07) is 0. The van der Waals surface area contributed by atoms with Crippen molar-refractivity contribution in [2.45, 2.75) is 142 Å². The Hall–Kier alpha value is 1.42. The molecule has 0 atom stereocenters. The van der Waals surface area contributed by atoms with Gasteiger partial charge in [-0.25, -0.2) is 0 Å². The van der Waals surface area contributed by atoms with Crippen molar-refractivity contribution < 1.29 is 0 Å². The lowest BCUT2D eigenvalue weighted by atomic mass is 10.1. The standard InChI is InChI=1S/C24H50ClPS2/c1-3-5-7-9-11-13-15-17-19-21-23-27-26(25)28-24-22-20-18-16-14-12-10-8-6-4-2/h3-24H2,1-2H3. The van der Waals surface area contributed by atoms with E-state index < -0.39 is 0 Å². The van der Waals surface area contributed by atoms with E-state index in [-0.39, 0.29) is 5.68 Å². The molecule has 0 rings (SSSR count). The molecule has 0 aliphatic heterocycles. The maximum Gasteiger partial charge on any atom is 0.109 e. The van der Waals surface area contributed by atoms with Crippen molar-refractivity contribution in [1.82, 2.24) is 0 Å². The molecule has 170 valence electrons. The summed E-state index contributed by atoms with van der Waals surface area (Å²) in [4.78, 5) is 0. The lowest BCUT2D eigenvalue weighted by Gasteiger charge is -2.08. The van der Waals surface area contributed by atoms with Crippen LogP contribution in [0.25, 0.3) is 0 Å². The molecule has 0 spiro atoms. The third-order valence-electron chi connectivity index (χ3n) is 5.38. The largest absolute Gasteiger partial charge is 0.109 e. The van der Waals surface area contributed by atoms with Crippen molar-refractivity contribution >= 4 is 39.7 Å². The Morgan fingerprint density at radius 3 is 0.964 bits per heavy atom. The van der Waals surface area contributed by atoms with Crippen LogP contribution in [0.4, 0.5) is 0 Å². The molecule has 0 aromatic carbocycles. The summed E-state index contributed by atoms with van der Waals surface area (Å²) in [5.41, 5.74) is -0.348. The average molecular weight is 469 g/mol. The molecule has 0 unspecified atom stereocenters. The van der Waals surface area contributed by atoms with E-state index >= 15 is 0 Å². The van der Waals surface area contributed by atoms with Crippen molar-refractivity contribution in [2.24, 2.45) is 0 Å². The lowest BCUT2D eigenvalue weighted by Crippen LogP contribution is -1.83. The Morgan fingerprint density at radius 1 is 0.429 bits per heavy atom. The van der Waals surface area contributed by atoms with Gasteiger partial charge in [-0.3, -0.25) is 0 Å². The molecule has 0 aromatic rings. The minimum absolute atomic E-state index is 0.348. The van der Waals surface area contributed by atoms with Crippen LogP contribution in [0.2, 0.25) is 0 Å². The predicted octanol–water partition coefficient (Wildman–Crippen LogP) is 11.8. The maximum atomic E-state index is 6.52. The fourth-order valence-corrected chi connectivity index (χ4v) is 9.63. The highest BCUT2D eigenvalue weighted by Crippen LogP contribution is 2.65. The molecule has 4 heteroatoms. The highest BCUT2D eigenvalue weighted by Gasteiger charge is 2.05. The molecular formula is C24H50ClPS2. The smallest absolute Gasteiger partial charge is 0.107 e. The molecule has 0 fully saturated rings.